The van der Waals surface area contributed by atoms with Crippen LogP contribution in [0.1, 0.15) is 30.1 Å². The molecule has 1 aliphatic rings. The van der Waals surface area contributed by atoms with E-state index < -0.39 is 21.6 Å². The maximum absolute atomic E-state index is 12.5. The Balaban J connectivity index is 2.33. The van der Waals surface area contributed by atoms with Crippen LogP contribution in [0.2, 0.25) is 5.02 Å². The highest BCUT2D eigenvalue weighted by Gasteiger charge is 2.34. The van der Waals surface area contributed by atoms with Crippen LogP contribution >= 0.6 is 11.6 Å². The number of aliphatic hydroxyl groups is 1. The molecule has 2 N–H and O–H groups in total. The minimum Gasteiger partial charge on any atom is -0.478 e. The summed E-state index contributed by atoms with van der Waals surface area (Å²) in [4.78, 5) is 10.9. The van der Waals surface area contributed by atoms with Crippen LogP contribution in [-0.2, 0) is 10.0 Å². The van der Waals surface area contributed by atoms with Crippen LogP contribution in [0.15, 0.2) is 23.1 Å². The number of carboxylic acid groups (broad SMARTS) is 1. The van der Waals surface area contributed by atoms with E-state index in [0.717, 1.165) is 6.07 Å². The van der Waals surface area contributed by atoms with Crippen LogP contribution in [0.4, 0.5) is 0 Å². The molecule has 1 fully saturated rings. The Kier molecular flexibility index (Phi) is 4.30. The van der Waals surface area contributed by atoms with E-state index in [1.807, 2.05) is 0 Å². The van der Waals surface area contributed by atoms with Gasteiger partial charge in [0.25, 0.3) is 0 Å². The fraction of sp³-hybridized carbons (Fsp3) is 0.462. The molecular weight excluding hydrogens is 318 g/mol. The van der Waals surface area contributed by atoms with E-state index in [4.69, 9.17) is 16.7 Å². The maximum atomic E-state index is 12.5. The molecule has 116 valence electrons. The molecule has 1 aromatic rings. The third-order valence-corrected chi connectivity index (χ3v) is 5.83. The van der Waals surface area contributed by atoms with Gasteiger partial charge in [-0.2, -0.15) is 4.31 Å². The van der Waals surface area contributed by atoms with Gasteiger partial charge in [-0.1, -0.05) is 11.6 Å². The number of hydrogen-bond donors (Lipinski definition) is 2. The highest BCUT2D eigenvalue weighted by molar-refractivity contribution is 7.89. The fourth-order valence-corrected chi connectivity index (χ4v) is 3.85. The molecule has 0 saturated carbocycles. The lowest BCUT2D eigenvalue weighted by atomic mass is 9.95. The summed E-state index contributed by atoms with van der Waals surface area (Å²) >= 11 is 5.74. The van der Waals surface area contributed by atoms with Gasteiger partial charge in [-0.15, -0.1) is 0 Å². The molecule has 0 spiro atoms. The topological polar surface area (TPSA) is 94.9 Å². The van der Waals surface area contributed by atoms with E-state index in [1.165, 1.54) is 16.4 Å². The Morgan fingerprint density at radius 3 is 2.43 bits per heavy atom. The van der Waals surface area contributed by atoms with E-state index >= 15 is 0 Å². The third-order valence-electron chi connectivity index (χ3n) is 3.61. The first-order valence-corrected chi connectivity index (χ1v) is 8.21. The molecule has 0 aliphatic carbocycles. The first kappa shape index (κ1) is 16.2. The summed E-state index contributed by atoms with van der Waals surface area (Å²) in [6, 6.07) is 3.61. The third kappa shape index (κ3) is 3.37. The van der Waals surface area contributed by atoms with Crippen molar-refractivity contribution in [3.05, 3.63) is 28.8 Å². The normalized spacial score (nSPS) is 19.4. The summed E-state index contributed by atoms with van der Waals surface area (Å²) in [5.41, 5.74) is -1.11. The zero-order valence-corrected chi connectivity index (χ0v) is 13.0. The Bertz CT molecular complexity index is 661. The number of carbonyl (C=O) groups is 1. The first-order valence-electron chi connectivity index (χ1n) is 6.39. The van der Waals surface area contributed by atoms with Crippen LogP contribution in [-0.4, -0.2) is 47.6 Å². The molecule has 0 bridgehead atoms. The minimum atomic E-state index is -3.78. The van der Waals surface area contributed by atoms with E-state index in [1.54, 1.807) is 6.92 Å². The Morgan fingerprint density at radius 2 is 1.90 bits per heavy atom. The molecule has 21 heavy (non-hydrogen) atoms. The van der Waals surface area contributed by atoms with Crippen molar-refractivity contribution in [2.24, 2.45) is 0 Å². The average molecular weight is 334 g/mol. The molecule has 1 saturated heterocycles. The maximum Gasteiger partial charge on any atom is 0.337 e. The van der Waals surface area contributed by atoms with Gasteiger partial charge in [0, 0.05) is 13.1 Å². The summed E-state index contributed by atoms with van der Waals surface area (Å²) in [6.45, 7) is 2.06. The molecule has 8 heteroatoms. The van der Waals surface area contributed by atoms with Crippen molar-refractivity contribution in [2.75, 3.05) is 13.1 Å². The smallest absolute Gasteiger partial charge is 0.337 e. The lowest BCUT2D eigenvalue weighted by Gasteiger charge is -2.35. The van der Waals surface area contributed by atoms with Crippen LogP contribution in [0, 0.1) is 0 Å². The molecule has 1 heterocycles. The zero-order chi connectivity index (χ0) is 15.8. The van der Waals surface area contributed by atoms with Gasteiger partial charge in [-0.3, -0.25) is 0 Å². The van der Waals surface area contributed by atoms with Crippen LogP contribution in [0.25, 0.3) is 0 Å². The number of hydrogen-bond acceptors (Lipinski definition) is 4. The predicted molar refractivity (Wildman–Crippen MR) is 77.0 cm³/mol. The van der Waals surface area contributed by atoms with Crippen molar-refractivity contribution >= 4 is 27.6 Å². The van der Waals surface area contributed by atoms with Crippen LogP contribution < -0.4 is 0 Å². The zero-order valence-electron chi connectivity index (χ0n) is 11.4. The largest absolute Gasteiger partial charge is 0.478 e. The molecule has 1 aliphatic heterocycles. The van der Waals surface area contributed by atoms with Gasteiger partial charge in [0.2, 0.25) is 10.0 Å². The van der Waals surface area contributed by atoms with Gasteiger partial charge in [0.15, 0.2) is 0 Å². The molecule has 0 amide bonds. The lowest BCUT2D eigenvalue weighted by Crippen LogP contribution is -2.45. The van der Waals surface area contributed by atoms with Crippen molar-refractivity contribution in [1.82, 2.24) is 4.31 Å². The highest BCUT2D eigenvalue weighted by Crippen LogP contribution is 2.28. The number of rotatable bonds is 3. The molecule has 1 aromatic carbocycles. The average Bonchev–Trinajstić information content (AvgIpc) is 2.38. The van der Waals surface area contributed by atoms with Gasteiger partial charge in [0.1, 0.15) is 0 Å². The standard InChI is InChI=1S/C13H16ClNO5S/c1-13(18)4-6-15(7-5-13)21(19,20)9-2-3-11(14)10(8-9)12(16)17/h2-3,8,18H,4-7H2,1H3,(H,16,17). The molecule has 2 rings (SSSR count). The van der Waals surface area contributed by atoms with Gasteiger partial charge in [-0.05, 0) is 38.0 Å². The molecule has 0 atom stereocenters. The monoisotopic (exact) mass is 333 g/mol. The van der Waals surface area contributed by atoms with Gasteiger partial charge >= 0.3 is 5.97 Å². The molecule has 0 radical (unpaired) electrons. The summed E-state index contributed by atoms with van der Waals surface area (Å²) in [7, 11) is -3.78. The van der Waals surface area contributed by atoms with Crippen molar-refractivity contribution in [3.8, 4) is 0 Å². The van der Waals surface area contributed by atoms with Crippen LogP contribution in [0.3, 0.4) is 0 Å². The summed E-state index contributed by atoms with van der Waals surface area (Å²) in [5.74, 6) is -1.28. The first-order chi connectivity index (χ1) is 9.63. The summed E-state index contributed by atoms with van der Waals surface area (Å²) in [5, 5.41) is 18.9. The number of aromatic carboxylic acids is 1. The SMILES string of the molecule is CC1(O)CCN(S(=O)(=O)c2ccc(Cl)c(C(=O)O)c2)CC1. The second-order valence-corrected chi connectivity index (χ2v) is 7.69. The quantitative estimate of drug-likeness (QED) is 0.875. The fourth-order valence-electron chi connectivity index (χ4n) is 2.19. The molecule has 0 unspecified atom stereocenters. The van der Waals surface area contributed by atoms with E-state index in [9.17, 15) is 18.3 Å². The predicted octanol–water partition coefficient (Wildman–Crippen LogP) is 1.57. The molecule has 0 aromatic heterocycles. The van der Waals surface area contributed by atoms with Gasteiger partial charge in [-0.25, -0.2) is 13.2 Å². The Hall–Kier alpha value is -1.15. The van der Waals surface area contributed by atoms with Crippen LogP contribution in [0.5, 0.6) is 0 Å². The van der Waals surface area contributed by atoms with Crippen molar-refractivity contribution in [2.45, 2.75) is 30.3 Å². The number of halogens is 1. The summed E-state index contributed by atoms with van der Waals surface area (Å²) in [6.07, 6.45) is 0.678. The molecular formula is C13H16ClNO5S. The number of benzene rings is 1. The molecule has 6 nitrogen and oxygen atoms in total. The van der Waals surface area contributed by atoms with Crippen molar-refractivity contribution in [3.63, 3.8) is 0 Å². The minimum absolute atomic E-state index is 0.0111. The number of carboxylic acids is 1. The lowest BCUT2D eigenvalue weighted by molar-refractivity contribution is 0.0126. The second-order valence-electron chi connectivity index (χ2n) is 5.35. The van der Waals surface area contributed by atoms with Crippen molar-refractivity contribution < 1.29 is 23.4 Å². The van der Waals surface area contributed by atoms with Gasteiger partial charge < -0.3 is 10.2 Å². The van der Waals surface area contributed by atoms with Gasteiger partial charge in [0.05, 0.1) is 21.1 Å². The number of piperidine rings is 1. The van der Waals surface area contributed by atoms with E-state index in [2.05, 4.69) is 0 Å². The van der Waals surface area contributed by atoms with E-state index in [0.29, 0.717) is 12.8 Å². The van der Waals surface area contributed by atoms with E-state index in [-0.39, 0.29) is 28.6 Å². The number of nitrogens with zero attached hydrogens (tertiary/aromatic N) is 1. The van der Waals surface area contributed by atoms with Crippen molar-refractivity contribution in [1.29, 1.82) is 0 Å². The Labute approximate surface area is 128 Å². The highest BCUT2D eigenvalue weighted by atomic mass is 35.5. The second kappa shape index (κ2) is 5.57. The Morgan fingerprint density at radius 1 is 1.33 bits per heavy atom. The summed E-state index contributed by atoms with van der Waals surface area (Å²) < 4.78 is 26.2. The number of sulfonamides is 1.